The SMILES string of the molecule is CCCC(C)CC(O)c1ccc(Cl)c(F)c1. The van der Waals surface area contributed by atoms with E-state index in [4.69, 9.17) is 11.6 Å². The molecule has 2 atom stereocenters. The smallest absolute Gasteiger partial charge is 0.142 e. The molecule has 0 heterocycles. The molecule has 1 aromatic rings. The van der Waals surface area contributed by atoms with Gasteiger partial charge in [0.25, 0.3) is 0 Å². The van der Waals surface area contributed by atoms with E-state index in [9.17, 15) is 9.50 Å². The Morgan fingerprint density at radius 3 is 2.69 bits per heavy atom. The van der Waals surface area contributed by atoms with Gasteiger partial charge in [0.2, 0.25) is 0 Å². The van der Waals surface area contributed by atoms with Crippen LogP contribution < -0.4 is 0 Å². The topological polar surface area (TPSA) is 20.2 Å². The lowest BCUT2D eigenvalue weighted by atomic mass is 9.95. The summed E-state index contributed by atoms with van der Waals surface area (Å²) < 4.78 is 13.2. The molecule has 0 saturated heterocycles. The Morgan fingerprint density at radius 1 is 1.44 bits per heavy atom. The van der Waals surface area contributed by atoms with Crippen molar-refractivity contribution in [2.24, 2.45) is 5.92 Å². The highest BCUT2D eigenvalue weighted by molar-refractivity contribution is 6.30. The first-order chi connectivity index (χ1) is 7.54. The zero-order valence-corrected chi connectivity index (χ0v) is 10.5. The Hall–Kier alpha value is -0.600. The van der Waals surface area contributed by atoms with Gasteiger partial charge in [-0.2, -0.15) is 0 Å². The van der Waals surface area contributed by atoms with Gasteiger partial charge in [-0.15, -0.1) is 0 Å². The van der Waals surface area contributed by atoms with Crippen LogP contribution in [0.3, 0.4) is 0 Å². The number of aliphatic hydroxyl groups excluding tert-OH is 1. The number of hydrogen-bond acceptors (Lipinski definition) is 1. The molecule has 0 aliphatic heterocycles. The van der Waals surface area contributed by atoms with Crippen molar-refractivity contribution in [3.8, 4) is 0 Å². The van der Waals surface area contributed by atoms with Crippen molar-refractivity contribution in [3.05, 3.63) is 34.6 Å². The molecule has 16 heavy (non-hydrogen) atoms. The maximum absolute atomic E-state index is 13.2. The van der Waals surface area contributed by atoms with Crippen LogP contribution in [0.25, 0.3) is 0 Å². The van der Waals surface area contributed by atoms with Crippen LogP contribution in [-0.4, -0.2) is 5.11 Å². The predicted molar refractivity (Wildman–Crippen MR) is 65.1 cm³/mol. The Balaban J connectivity index is 2.65. The summed E-state index contributed by atoms with van der Waals surface area (Å²) in [6, 6.07) is 4.47. The van der Waals surface area contributed by atoms with Crippen LogP contribution in [0.4, 0.5) is 4.39 Å². The monoisotopic (exact) mass is 244 g/mol. The van der Waals surface area contributed by atoms with E-state index in [-0.39, 0.29) is 5.02 Å². The highest BCUT2D eigenvalue weighted by Gasteiger charge is 2.13. The van der Waals surface area contributed by atoms with Crippen molar-refractivity contribution in [3.63, 3.8) is 0 Å². The third-order valence-corrected chi connectivity index (χ3v) is 3.04. The average molecular weight is 245 g/mol. The standard InChI is InChI=1S/C13H18ClFO/c1-3-4-9(2)7-13(16)10-5-6-11(14)12(15)8-10/h5-6,8-9,13,16H,3-4,7H2,1-2H3. The van der Waals surface area contributed by atoms with E-state index in [0.717, 1.165) is 12.8 Å². The fourth-order valence-electron chi connectivity index (χ4n) is 1.85. The van der Waals surface area contributed by atoms with E-state index in [1.54, 1.807) is 6.07 Å². The molecule has 1 aromatic carbocycles. The Kier molecular flexibility index (Phi) is 5.23. The molecule has 0 radical (unpaired) electrons. The summed E-state index contributed by atoms with van der Waals surface area (Å²) in [6.07, 6.45) is 2.23. The van der Waals surface area contributed by atoms with Gasteiger partial charge in [-0.1, -0.05) is 44.4 Å². The fourth-order valence-corrected chi connectivity index (χ4v) is 1.97. The van der Waals surface area contributed by atoms with E-state index in [1.165, 1.54) is 12.1 Å². The predicted octanol–water partition coefficient (Wildman–Crippen LogP) is 4.34. The first-order valence-corrected chi connectivity index (χ1v) is 6.05. The minimum absolute atomic E-state index is 0.0950. The lowest BCUT2D eigenvalue weighted by Crippen LogP contribution is -2.04. The highest BCUT2D eigenvalue weighted by Crippen LogP contribution is 2.26. The summed E-state index contributed by atoms with van der Waals surface area (Å²) in [4.78, 5) is 0. The third-order valence-electron chi connectivity index (χ3n) is 2.74. The average Bonchev–Trinajstić information content (AvgIpc) is 2.22. The molecule has 0 fully saturated rings. The van der Waals surface area contributed by atoms with Crippen molar-refractivity contribution in [2.45, 2.75) is 39.2 Å². The molecule has 0 bridgehead atoms. The molecule has 0 aromatic heterocycles. The van der Waals surface area contributed by atoms with Gasteiger partial charge in [-0.05, 0) is 30.0 Å². The second kappa shape index (κ2) is 6.21. The van der Waals surface area contributed by atoms with Gasteiger partial charge in [-0.25, -0.2) is 4.39 Å². The van der Waals surface area contributed by atoms with E-state index >= 15 is 0 Å². The molecule has 2 unspecified atom stereocenters. The Morgan fingerprint density at radius 2 is 2.12 bits per heavy atom. The van der Waals surface area contributed by atoms with E-state index in [0.29, 0.717) is 17.9 Å². The highest BCUT2D eigenvalue weighted by atomic mass is 35.5. The van der Waals surface area contributed by atoms with Gasteiger partial charge in [0.1, 0.15) is 5.82 Å². The van der Waals surface area contributed by atoms with Crippen molar-refractivity contribution < 1.29 is 9.50 Å². The van der Waals surface area contributed by atoms with Gasteiger partial charge >= 0.3 is 0 Å². The summed E-state index contributed by atoms with van der Waals surface area (Å²) in [5.74, 6) is -0.0277. The maximum atomic E-state index is 13.2. The Labute approximate surface area is 101 Å². The van der Waals surface area contributed by atoms with Crippen LogP contribution in [0.15, 0.2) is 18.2 Å². The number of halogens is 2. The first kappa shape index (κ1) is 13.5. The number of hydrogen-bond donors (Lipinski definition) is 1. The van der Waals surface area contributed by atoms with Crippen molar-refractivity contribution in [2.75, 3.05) is 0 Å². The molecule has 0 saturated carbocycles. The van der Waals surface area contributed by atoms with Gasteiger partial charge in [0.05, 0.1) is 11.1 Å². The van der Waals surface area contributed by atoms with Gasteiger partial charge in [0.15, 0.2) is 0 Å². The zero-order chi connectivity index (χ0) is 12.1. The summed E-state index contributed by atoms with van der Waals surface area (Å²) in [6.45, 7) is 4.21. The molecule has 0 spiro atoms. The van der Waals surface area contributed by atoms with Crippen LogP contribution in [0.5, 0.6) is 0 Å². The molecule has 1 nitrogen and oxygen atoms in total. The molecule has 1 N–H and O–H groups in total. The summed E-state index contributed by atoms with van der Waals surface area (Å²) in [5.41, 5.74) is 0.602. The van der Waals surface area contributed by atoms with E-state index in [1.807, 2.05) is 0 Å². The summed E-state index contributed by atoms with van der Waals surface area (Å²) in [7, 11) is 0. The number of aliphatic hydroxyl groups is 1. The van der Waals surface area contributed by atoms with Crippen LogP contribution in [-0.2, 0) is 0 Å². The molecule has 0 aliphatic carbocycles. The normalized spacial score (nSPS) is 14.8. The molecule has 0 aliphatic rings. The summed E-state index contributed by atoms with van der Waals surface area (Å²) in [5, 5.41) is 10.0. The Bertz CT molecular complexity index is 341. The van der Waals surface area contributed by atoms with Gasteiger partial charge in [0, 0.05) is 0 Å². The largest absolute Gasteiger partial charge is 0.388 e. The third kappa shape index (κ3) is 3.76. The van der Waals surface area contributed by atoms with Crippen molar-refractivity contribution in [1.29, 1.82) is 0 Å². The minimum Gasteiger partial charge on any atom is -0.388 e. The van der Waals surface area contributed by atoms with Crippen LogP contribution in [0, 0.1) is 11.7 Å². The quantitative estimate of drug-likeness (QED) is 0.817. The zero-order valence-electron chi connectivity index (χ0n) is 9.71. The number of rotatable bonds is 5. The minimum atomic E-state index is -0.603. The second-order valence-corrected chi connectivity index (χ2v) is 4.73. The maximum Gasteiger partial charge on any atom is 0.142 e. The molecule has 0 amide bonds. The van der Waals surface area contributed by atoms with Crippen LogP contribution in [0.1, 0.15) is 44.8 Å². The second-order valence-electron chi connectivity index (χ2n) is 4.32. The lowest BCUT2D eigenvalue weighted by Gasteiger charge is -2.16. The molecule has 1 rings (SSSR count). The van der Waals surface area contributed by atoms with Gasteiger partial charge in [-0.3, -0.25) is 0 Å². The number of benzene rings is 1. The first-order valence-electron chi connectivity index (χ1n) is 5.67. The van der Waals surface area contributed by atoms with E-state index in [2.05, 4.69) is 13.8 Å². The molecular weight excluding hydrogens is 227 g/mol. The fraction of sp³-hybridized carbons (Fsp3) is 0.538. The summed E-state index contributed by atoms with van der Waals surface area (Å²) >= 11 is 5.58. The molecule has 3 heteroatoms. The van der Waals surface area contributed by atoms with Gasteiger partial charge < -0.3 is 5.11 Å². The van der Waals surface area contributed by atoms with Crippen molar-refractivity contribution >= 4 is 11.6 Å². The van der Waals surface area contributed by atoms with Crippen LogP contribution >= 0.6 is 11.6 Å². The van der Waals surface area contributed by atoms with E-state index < -0.39 is 11.9 Å². The lowest BCUT2D eigenvalue weighted by molar-refractivity contribution is 0.145. The van der Waals surface area contributed by atoms with Crippen molar-refractivity contribution in [1.82, 2.24) is 0 Å². The van der Waals surface area contributed by atoms with Crippen LogP contribution in [0.2, 0.25) is 5.02 Å². The molecule has 90 valence electrons. The molecular formula is C13H18ClFO.